The second kappa shape index (κ2) is 7.44. The molecule has 3 atom stereocenters. The maximum Gasteiger partial charge on any atom is 0.185 e. The van der Waals surface area contributed by atoms with Crippen LogP contribution in [0.2, 0.25) is 0 Å². The number of ketones is 1. The molecular weight excluding hydrogens is 403 g/mol. The first-order valence-corrected chi connectivity index (χ1v) is 10.2. The quantitative estimate of drug-likeness (QED) is 0.583. The number of aromatic nitrogens is 1. The Bertz CT molecular complexity index is 1290. The molecule has 0 radical (unpaired) electrons. The van der Waals surface area contributed by atoms with Gasteiger partial charge in [-0.15, -0.1) is 0 Å². The van der Waals surface area contributed by atoms with Gasteiger partial charge in [0.15, 0.2) is 11.2 Å². The van der Waals surface area contributed by atoms with Crippen LogP contribution in [0.1, 0.15) is 27.5 Å². The number of carbonyl (C=O) groups excluding carboxylic acids is 1. The molecule has 0 unspecified atom stereocenters. The lowest BCUT2D eigenvalue weighted by atomic mass is 9.69. The lowest BCUT2D eigenvalue weighted by Gasteiger charge is -2.34. The number of benzene rings is 2. The smallest absolute Gasteiger partial charge is 0.185 e. The highest BCUT2D eigenvalue weighted by Crippen LogP contribution is 2.55. The van der Waals surface area contributed by atoms with Crippen LogP contribution in [0.15, 0.2) is 79.0 Å². The molecule has 0 spiro atoms. The summed E-state index contributed by atoms with van der Waals surface area (Å²) >= 11 is 0. The molecule has 0 aliphatic carbocycles. The van der Waals surface area contributed by atoms with Gasteiger partial charge in [-0.05, 0) is 35.9 Å². The number of anilines is 1. The van der Waals surface area contributed by atoms with E-state index in [1.165, 1.54) is 12.1 Å². The Hall–Kier alpha value is -4.29. The summed E-state index contributed by atoms with van der Waals surface area (Å²) in [5.41, 5.74) is 0.844. The number of rotatable bonds is 3. The third kappa shape index (κ3) is 2.74. The minimum atomic E-state index is -1.56. The van der Waals surface area contributed by atoms with Gasteiger partial charge in [0.1, 0.15) is 11.9 Å². The molecule has 5 nitrogen and oxygen atoms in total. The summed E-state index contributed by atoms with van der Waals surface area (Å²) in [6.45, 7) is 0. The molecule has 0 saturated carbocycles. The maximum absolute atomic E-state index is 13.9. The van der Waals surface area contributed by atoms with Crippen LogP contribution in [-0.2, 0) is 0 Å². The third-order valence-electron chi connectivity index (χ3n) is 6.33. The van der Waals surface area contributed by atoms with Gasteiger partial charge in [-0.2, -0.15) is 10.5 Å². The number of carbonyl (C=O) groups is 1. The van der Waals surface area contributed by atoms with E-state index in [-0.39, 0.29) is 5.78 Å². The van der Waals surface area contributed by atoms with E-state index in [0.29, 0.717) is 22.5 Å². The Morgan fingerprint density at radius 2 is 1.72 bits per heavy atom. The number of halogens is 1. The first kappa shape index (κ1) is 19.7. The molecule has 1 fully saturated rings. The molecule has 2 aromatic carbocycles. The van der Waals surface area contributed by atoms with Gasteiger partial charge in [0.25, 0.3) is 0 Å². The van der Waals surface area contributed by atoms with Crippen molar-refractivity contribution in [2.24, 2.45) is 5.41 Å². The van der Waals surface area contributed by atoms with Gasteiger partial charge < -0.3 is 4.90 Å². The Morgan fingerprint density at radius 3 is 2.41 bits per heavy atom. The summed E-state index contributed by atoms with van der Waals surface area (Å²) in [4.78, 5) is 20.1. The van der Waals surface area contributed by atoms with E-state index in [1.807, 2.05) is 17.0 Å². The van der Waals surface area contributed by atoms with Crippen molar-refractivity contribution in [2.75, 3.05) is 4.90 Å². The van der Waals surface area contributed by atoms with Gasteiger partial charge in [-0.3, -0.25) is 9.78 Å². The predicted molar refractivity (Wildman–Crippen MR) is 117 cm³/mol. The summed E-state index contributed by atoms with van der Waals surface area (Å²) in [5.74, 6) is -1.43. The molecule has 154 valence electrons. The average molecular weight is 420 g/mol. The van der Waals surface area contributed by atoms with Crippen LogP contribution < -0.4 is 4.90 Å². The number of nitrogens with zero attached hydrogens (tertiary/aromatic N) is 4. The number of Topliss-reactive ketones (excluding diaryl/α,β-unsaturated/α-hetero) is 1. The molecule has 1 aromatic heterocycles. The average Bonchev–Trinajstić information content (AvgIpc) is 3.15. The van der Waals surface area contributed by atoms with Crippen LogP contribution in [0.25, 0.3) is 6.08 Å². The molecule has 2 aliphatic rings. The Kier molecular flexibility index (Phi) is 4.57. The van der Waals surface area contributed by atoms with E-state index in [4.69, 9.17) is 0 Å². The maximum atomic E-state index is 13.9. The molecular formula is C26H17FN4O. The van der Waals surface area contributed by atoms with Crippen molar-refractivity contribution in [2.45, 2.75) is 18.0 Å². The van der Waals surface area contributed by atoms with Gasteiger partial charge >= 0.3 is 0 Å². The molecule has 0 bridgehead atoms. The second-order valence-corrected chi connectivity index (χ2v) is 7.92. The molecule has 6 heteroatoms. The van der Waals surface area contributed by atoms with Crippen molar-refractivity contribution in [3.8, 4) is 12.1 Å². The summed E-state index contributed by atoms with van der Waals surface area (Å²) < 4.78 is 13.7. The standard InChI is InChI=1S/C26H17FN4O/c27-19-10-8-17(9-11-19)23-24(25(32)18-5-2-1-3-6-18)31-21-7-4-14-30-20(21)12-13-22(31)26(23,15-28)16-29/h1-14,22-24H/t22-,23-,24+/m1/s1. The molecule has 32 heavy (non-hydrogen) atoms. The van der Waals surface area contributed by atoms with Crippen LogP contribution in [-0.4, -0.2) is 22.9 Å². The van der Waals surface area contributed by atoms with Gasteiger partial charge in [-0.25, -0.2) is 4.39 Å². The number of nitriles is 2. The zero-order valence-electron chi connectivity index (χ0n) is 16.9. The van der Waals surface area contributed by atoms with Crippen molar-refractivity contribution in [1.29, 1.82) is 10.5 Å². The molecule has 2 aliphatic heterocycles. The van der Waals surface area contributed by atoms with E-state index in [9.17, 15) is 19.7 Å². The summed E-state index contributed by atoms with van der Waals surface area (Å²) in [5, 5.41) is 20.7. The van der Waals surface area contributed by atoms with E-state index < -0.39 is 29.2 Å². The van der Waals surface area contributed by atoms with E-state index in [2.05, 4.69) is 17.1 Å². The summed E-state index contributed by atoms with van der Waals surface area (Å²) in [6, 6.07) is 21.1. The van der Waals surface area contributed by atoms with E-state index in [0.717, 1.165) is 0 Å². The van der Waals surface area contributed by atoms with Crippen molar-refractivity contribution in [3.05, 3.63) is 102 Å². The largest absolute Gasteiger partial charge is 0.349 e. The molecule has 3 aromatic rings. The van der Waals surface area contributed by atoms with Crippen molar-refractivity contribution in [1.82, 2.24) is 4.98 Å². The first-order chi connectivity index (χ1) is 15.6. The fourth-order valence-corrected chi connectivity index (χ4v) is 4.93. The number of fused-ring (bicyclic) bond motifs is 3. The molecule has 3 heterocycles. The Balaban J connectivity index is 1.79. The molecule has 1 saturated heterocycles. The second-order valence-electron chi connectivity index (χ2n) is 7.92. The topological polar surface area (TPSA) is 80.8 Å². The normalized spacial score (nSPS) is 22.3. The van der Waals surface area contributed by atoms with Crippen molar-refractivity contribution < 1.29 is 9.18 Å². The van der Waals surface area contributed by atoms with Crippen LogP contribution in [0.5, 0.6) is 0 Å². The highest BCUT2D eigenvalue weighted by molar-refractivity contribution is 6.04. The molecule has 0 amide bonds. The summed E-state index contributed by atoms with van der Waals surface area (Å²) in [7, 11) is 0. The SMILES string of the molecule is N#CC1(C#N)[C@H](c2ccc(F)cc2)[C@@H](C(=O)c2ccccc2)N2c3cccnc3C=C[C@@H]21. The monoisotopic (exact) mass is 420 g/mol. The fraction of sp³-hybridized carbons (Fsp3) is 0.154. The fourth-order valence-electron chi connectivity index (χ4n) is 4.93. The minimum Gasteiger partial charge on any atom is -0.349 e. The first-order valence-electron chi connectivity index (χ1n) is 10.2. The van der Waals surface area contributed by atoms with Crippen LogP contribution >= 0.6 is 0 Å². The Labute approximate surface area is 184 Å². The van der Waals surface area contributed by atoms with Gasteiger partial charge in [0.2, 0.25) is 0 Å². The third-order valence-corrected chi connectivity index (χ3v) is 6.33. The van der Waals surface area contributed by atoms with Gasteiger partial charge in [-0.1, -0.05) is 48.5 Å². The van der Waals surface area contributed by atoms with E-state index >= 15 is 0 Å². The van der Waals surface area contributed by atoms with E-state index in [1.54, 1.807) is 60.8 Å². The summed E-state index contributed by atoms with van der Waals surface area (Å²) in [6.07, 6.45) is 5.22. The number of hydrogen-bond acceptors (Lipinski definition) is 5. The van der Waals surface area contributed by atoms with Crippen LogP contribution in [0.4, 0.5) is 10.1 Å². The highest BCUT2D eigenvalue weighted by Gasteiger charge is 2.63. The zero-order chi connectivity index (χ0) is 22.3. The van der Waals surface area contributed by atoms with Gasteiger partial charge in [0, 0.05) is 17.7 Å². The predicted octanol–water partition coefficient (Wildman–Crippen LogP) is 4.50. The van der Waals surface area contributed by atoms with Crippen molar-refractivity contribution >= 4 is 17.5 Å². The number of hydrogen-bond donors (Lipinski definition) is 0. The lowest BCUT2D eigenvalue weighted by molar-refractivity contribution is 0.0951. The van der Waals surface area contributed by atoms with Crippen molar-refractivity contribution in [3.63, 3.8) is 0 Å². The van der Waals surface area contributed by atoms with Crippen LogP contribution in [0.3, 0.4) is 0 Å². The highest BCUT2D eigenvalue weighted by atomic mass is 19.1. The van der Waals surface area contributed by atoms with Crippen LogP contribution in [0, 0.1) is 33.9 Å². The zero-order valence-corrected chi connectivity index (χ0v) is 16.9. The number of pyridine rings is 1. The Morgan fingerprint density at radius 1 is 1.00 bits per heavy atom. The lowest BCUT2D eigenvalue weighted by Crippen LogP contribution is -2.44. The molecule has 0 N–H and O–H groups in total. The minimum absolute atomic E-state index is 0.206. The van der Waals surface area contributed by atoms with Gasteiger partial charge in [0.05, 0.1) is 29.6 Å². The molecule has 5 rings (SSSR count).